The highest BCUT2D eigenvalue weighted by atomic mass is 79.9. The summed E-state index contributed by atoms with van der Waals surface area (Å²) in [5.74, 6) is -2.80. The second-order valence-corrected chi connectivity index (χ2v) is 4.12. The van der Waals surface area contributed by atoms with E-state index in [0.29, 0.717) is 10.4 Å². The van der Waals surface area contributed by atoms with E-state index in [9.17, 15) is 8.78 Å². The molecular weight excluding hydrogens is 256 g/mol. The molecule has 2 nitrogen and oxygen atoms in total. The molecule has 0 saturated heterocycles. The highest BCUT2D eigenvalue weighted by molar-refractivity contribution is 9.10. The van der Waals surface area contributed by atoms with Gasteiger partial charge in [0.1, 0.15) is 0 Å². The lowest BCUT2D eigenvalue weighted by Gasteiger charge is -2.05. The van der Waals surface area contributed by atoms with Gasteiger partial charge in [0.05, 0.1) is 17.0 Å². The average Bonchev–Trinajstić information content (AvgIpc) is 2.73. The summed E-state index contributed by atoms with van der Waals surface area (Å²) in [6, 6.07) is 3.50. The predicted octanol–water partition coefficient (Wildman–Crippen LogP) is 2.88. The summed E-state index contributed by atoms with van der Waals surface area (Å²) in [7, 11) is 0. The Balaban J connectivity index is 1.90. The van der Waals surface area contributed by atoms with Gasteiger partial charge in [0, 0.05) is 12.6 Å². The van der Waals surface area contributed by atoms with E-state index in [1.54, 1.807) is 18.3 Å². The third kappa shape index (κ3) is 2.03. The van der Waals surface area contributed by atoms with Gasteiger partial charge in [-0.25, -0.2) is 13.8 Å². The van der Waals surface area contributed by atoms with Crippen molar-refractivity contribution in [2.24, 2.45) is 5.92 Å². The molecule has 2 rings (SSSR count). The van der Waals surface area contributed by atoms with E-state index in [2.05, 4.69) is 20.9 Å². The Bertz CT molecular complexity index is 345. The van der Waals surface area contributed by atoms with Crippen molar-refractivity contribution >= 4 is 15.9 Å². The highest BCUT2D eigenvalue weighted by Crippen LogP contribution is 2.48. The van der Waals surface area contributed by atoms with E-state index >= 15 is 0 Å². The van der Waals surface area contributed by atoms with Crippen LogP contribution >= 0.6 is 15.9 Å². The minimum absolute atomic E-state index is 0.0304. The Morgan fingerprint density at radius 3 is 2.93 bits per heavy atom. The molecule has 0 unspecified atom stereocenters. The number of rotatable bonds is 3. The van der Waals surface area contributed by atoms with Gasteiger partial charge in [0.25, 0.3) is 5.92 Å². The van der Waals surface area contributed by atoms with Gasteiger partial charge in [-0.3, -0.25) is 0 Å². The predicted molar refractivity (Wildman–Crippen MR) is 50.5 cm³/mol. The molecule has 0 aliphatic heterocycles. The molecule has 0 radical (unpaired) electrons. The highest BCUT2D eigenvalue weighted by Gasteiger charge is 2.57. The van der Waals surface area contributed by atoms with Crippen LogP contribution in [0.4, 0.5) is 8.78 Å². The lowest BCUT2D eigenvalue weighted by molar-refractivity contribution is 0.0848. The van der Waals surface area contributed by atoms with Crippen molar-refractivity contribution in [1.82, 2.24) is 4.98 Å². The third-order valence-electron chi connectivity index (χ3n) is 2.10. The summed E-state index contributed by atoms with van der Waals surface area (Å²) in [5.41, 5.74) is 0. The zero-order valence-electron chi connectivity index (χ0n) is 7.21. The summed E-state index contributed by atoms with van der Waals surface area (Å²) in [6.07, 6.45) is 1.49. The molecule has 5 heteroatoms. The molecular formula is C9H8BrF2NO. The quantitative estimate of drug-likeness (QED) is 0.837. The molecule has 0 bridgehead atoms. The van der Waals surface area contributed by atoms with Gasteiger partial charge in [-0.1, -0.05) is 0 Å². The van der Waals surface area contributed by atoms with Crippen molar-refractivity contribution in [3.05, 3.63) is 22.8 Å². The molecule has 0 aromatic carbocycles. The molecule has 1 aromatic rings. The largest absolute Gasteiger partial charge is 0.476 e. The number of halogens is 3. The molecule has 1 fully saturated rings. The maximum atomic E-state index is 12.5. The van der Waals surface area contributed by atoms with E-state index in [0.717, 1.165) is 0 Å². The lowest BCUT2D eigenvalue weighted by atomic mass is 10.4. The van der Waals surface area contributed by atoms with Gasteiger partial charge in [-0.05, 0) is 28.1 Å². The molecule has 1 aliphatic carbocycles. The van der Waals surface area contributed by atoms with Crippen LogP contribution in [-0.4, -0.2) is 17.5 Å². The molecule has 1 saturated carbocycles. The van der Waals surface area contributed by atoms with Gasteiger partial charge in [-0.15, -0.1) is 0 Å². The van der Waals surface area contributed by atoms with Crippen molar-refractivity contribution in [1.29, 1.82) is 0 Å². The van der Waals surface area contributed by atoms with Crippen LogP contribution in [0, 0.1) is 5.92 Å². The molecule has 0 amide bonds. The van der Waals surface area contributed by atoms with E-state index in [1.165, 1.54) is 0 Å². The number of aromatic nitrogens is 1. The van der Waals surface area contributed by atoms with Crippen molar-refractivity contribution in [3.63, 3.8) is 0 Å². The standard InChI is InChI=1S/C9H8BrF2NO/c10-7-2-1-3-13-8(7)14-5-6-4-9(6,11)12/h1-3,6H,4-5H2/t6-/m1/s1. The first-order valence-corrected chi connectivity index (χ1v) is 5.00. The van der Waals surface area contributed by atoms with Crippen LogP contribution in [0.15, 0.2) is 22.8 Å². The first kappa shape index (κ1) is 9.83. The SMILES string of the molecule is FC1(F)C[C@@H]1COc1ncccc1Br. The molecule has 1 aromatic heterocycles. The fourth-order valence-corrected chi connectivity index (χ4v) is 1.48. The van der Waals surface area contributed by atoms with Gasteiger partial charge in [-0.2, -0.15) is 0 Å². The molecule has 0 N–H and O–H groups in total. The third-order valence-corrected chi connectivity index (χ3v) is 2.71. The fourth-order valence-electron chi connectivity index (χ4n) is 1.11. The Hall–Kier alpha value is -0.710. The Labute approximate surface area is 88.4 Å². The van der Waals surface area contributed by atoms with Crippen molar-refractivity contribution in [3.8, 4) is 5.88 Å². The number of ether oxygens (including phenoxy) is 1. The van der Waals surface area contributed by atoms with Gasteiger partial charge < -0.3 is 4.74 Å². The second kappa shape index (κ2) is 3.46. The number of nitrogens with zero attached hydrogens (tertiary/aromatic N) is 1. The average molecular weight is 264 g/mol. The lowest BCUT2D eigenvalue weighted by Crippen LogP contribution is -2.06. The van der Waals surface area contributed by atoms with Crippen LogP contribution in [-0.2, 0) is 0 Å². The summed E-state index contributed by atoms with van der Waals surface area (Å²) >= 11 is 3.22. The molecule has 1 heterocycles. The topological polar surface area (TPSA) is 22.1 Å². The van der Waals surface area contributed by atoms with E-state index in [-0.39, 0.29) is 13.0 Å². The summed E-state index contributed by atoms with van der Waals surface area (Å²) < 4.78 is 30.8. The minimum Gasteiger partial charge on any atom is -0.476 e. The fraction of sp³-hybridized carbons (Fsp3) is 0.444. The van der Waals surface area contributed by atoms with E-state index in [1.807, 2.05) is 0 Å². The van der Waals surface area contributed by atoms with Gasteiger partial charge >= 0.3 is 0 Å². The summed E-state index contributed by atoms with van der Waals surface area (Å²) in [5, 5.41) is 0. The molecule has 1 atom stereocenters. The molecule has 14 heavy (non-hydrogen) atoms. The Morgan fingerprint density at radius 2 is 2.36 bits per heavy atom. The number of alkyl halides is 2. The van der Waals surface area contributed by atoms with Gasteiger partial charge in [0.2, 0.25) is 5.88 Å². The van der Waals surface area contributed by atoms with Gasteiger partial charge in [0.15, 0.2) is 0 Å². The zero-order chi connectivity index (χ0) is 10.2. The van der Waals surface area contributed by atoms with E-state index in [4.69, 9.17) is 4.74 Å². The van der Waals surface area contributed by atoms with Crippen LogP contribution < -0.4 is 4.74 Å². The second-order valence-electron chi connectivity index (χ2n) is 3.26. The van der Waals surface area contributed by atoms with Crippen LogP contribution in [0.2, 0.25) is 0 Å². The Kier molecular flexibility index (Phi) is 2.43. The number of hydrogen-bond acceptors (Lipinski definition) is 2. The zero-order valence-corrected chi connectivity index (χ0v) is 8.80. The van der Waals surface area contributed by atoms with Crippen LogP contribution in [0.25, 0.3) is 0 Å². The van der Waals surface area contributed by atoms with Crippen molar-refractivity contribution < 1.29 is 13.5 Å². The number of pyridine rings is 1. The summed E-state index contributed by atoms with van der Waals surface area (Å²) in [6.45, 7) is 0.0304. The maximum Gasteiger partial charge on any atom is 0.255 e. The number of hydrogen-bond donors (Lipinski definition) is 0. The van der Waals surface area contributed by atoms with Crippen molar-refractivity contribution in [2.45, 2.75) is 12.3 Å². The molecule has 76 valence electrons. The maximum absolute atomic E-state index is 12.5. The first-order valence-electron chi connectivity index (χ1n) is 4.21. The van der Waals surface area contributed by atoms with Crippen LogP contribution in [0.3, 0.4) is 0 Å². The molecule has 1 aliphatic rings. The minimum atomic E-state index is -2.53. The first-order chi connectivity index (χ1) is 6.59. The van der Waals surface area contributed by atoms with Crippen molar-refractivity contribution in [2.75, 3.05) is 6.61 Å². The molecule has 0 spiro atoms. The van der Waals surface area contributed by atoms with Crippen LogP contribution in [0.1, 0.15) is 6.42 Å². The van der Waals surface area contributed by atoms with Crippen LogP contribution in [0.5, 0.6) is 5.88 Å². The normalized spacial score (nSPS) is 23.2. The summed E-state index contributed by atoms with van der Waals surface area (Å²) in [4.78, 5) is 3.91. The monoisotopic (exact) mass is 263 g/mol. The van der Waals surface area contributed by atoms with E-state index < -0.39 is 11.8 Å². The Morgan fingerprint density at radius 1 is 1.64 bits per heavy atom. The smallest absolute Gasteiger partial charge is 0.255 e.